The number of carbonyl (C=O) groups is 2. The first-order valence-corrected chi connectivity index (χ1v) is 7.48. The molecule has 0 aliphatic heterocycles. The van der Waals surface area contributed by atoms with Crippen LogP contribution in [0.15, 0.2) is 48.5 Å². The summed E-state index contributed by atoms with van der Waals surface area (Å²) in [6, 6.07) is 13.3. The van der Waals surface area contributed by atoms with Crippen molar-refractivity contribution in [1.29, 1.82) is 0 Å². The summed E-state index contributed by atoms with van der Waals surface area (Å²) >= 11 is 0. The maximum atomic E-state index is 12.2. The van der Waals surface area contributed by atoms with Crippen LogP contribution in [0.5, 0.6) is 0 Å². The summed E-state index contributed by atoms with van der Waals surface area (Å²) in [5, 5.41) is 0. The number of hydrogen-bond acceptors (Lipinski definition) is 3. The molecule has 0 fully saturated rings. The number of ether oxygens (including phenoxy) is 1. The van der Waals surface area contributed by atoms with Crippen molar-refractivity contribution in [2.24, 2.45) is 0 Å². The van der Waals surface area contributed by atoms with Gasteiger partial charge in [-0.2, -0.15) is 0 Å². The van der Waals surface area contributed by atoms with Crippen LogP contribution < -0.4 is 0 Å². The largest absolute Gasteiger partial charge is 0.454 e. The van der Waals surface area contributed by atoms with Gasteiger partial charge < -0.3 is 4.74 Å². The van der Waals surface area contributed by atoms with Crippen molar-refractivity contribution in [3.63, 3.8) is 0 Å². The number of aryl methyl sites for hydroxylation is 3. The summed E-state index contributed by atoms with van der Waals surface area (Å²) in [5.41, 5.74) is 4.60. The summed E-state index contributed by atoms with van der Waals surface area (Å²) in [7, 11) is 0. The van der Waals surface area contributed by atoms with Gasteiger partial charge in [-0.25, -0.2) is 4.79 Å². The molecule has 0 bridgehead atoms. The summed E-state index contributed by atoms with van der Waals surface area (Å²) in [5.74, 6) is -0.712. The fourth-order valence-corrected chi connectivity index (χ4v) is 2.25. The summed E-state index contributed by atoms with van der Waals surface area (Å²) in [6.45, 7) is 5.60. The van der Waals surface area contributed by atoms with Crippen molar-refractivity contribution in [1.82, 2.24) is 0 Å². The van der Waals surface area contributed by atoms with Crippen molar-refractivity contribution in [2.45, 2.75) is 20.8 Å². The van der Waals surface area contributed by atoms with Crippen LogP contribution in [0.1, 0.15) is 32.6 Å². The average Bonchev–Trinajstić information content (AvgIpc) is 2.55. The molecule has 0 aliphatic rings. The van der Waals surface area contributed by atoms with Crippen LogP contribution in [-0.4, -0.2) is 18.4 Å². The Balaban J connectivity index is 1.95. The van der Waals surface area contributed by atoms with E-state index in [-0.39, 0.29) is 12.4 Å². The van der Waals surface area contributed by atoms with Gasteiger partial charge in [0.1, 0.15) is 0 Å². The second-order valence-electron chi connectivity index (χ2n) is 5.53. The third kappa shape index (κ3) is 4.65. The molecule has 118 valence electrons. The first-order valence-electron chi connectivity index (χ1n) is 7.48. The topological polar surface area (TPSA) is 43.4 Å². The van der Waals surface area contributed by atoms with Crippen LogP contribution in [-0.2, 0) is 9.53 Å². The van der Waals surface area contributed by atoms with Crippen LogP contribution in [0.25, 0.3) is 6.08 Å². The number of Topliss-reactive ketones (excluding diaryl/α,β-unsaturated/α-hetero) is 1. The normalized spacial score (nSPS) is 10.7. The number of carbonyl (C=O) groups excluding carboxylic acids is 2. The van der Waals surface area contributed by atoms with E-state index in [0.717, 1.165) is 22.3 Å². The van der Waals surface area contributed by atoms with Gasteiger partial charge in [-0.15, -0.1) is 0 Å². The summed E-state index contributed by atoms with van der Waals surface area (Å²) < 4.78 is 5.03. The van der Waals surface area contributed by atoms with Crippen LogP contribution in [0, 0.1) is 20.8 Å². The Labute approximate surface area is 136 Å². The van der Waals surface area contributed by atoms with Gasteiger partial charge in [-0.05, 0) is 55.2 Å². The molecule has 2 aromatic rings. The van der Waals surface area contributed by atoms with Crippen LogP contribution in [0.4, 0.5) is 0 Å². The fourth-order valence-electron chi connectivity index (χ4n) is 2.25. The SMILES string of the molecule is Cc1cc(C)c(C(=O)COC(=O)/C=C/c2ccccc2)cc1C. The maximum Gasteiger partial charge on any atom is 0.331 e. The van der Waals surface area contributed by atoms with Crippen molar-refractivity contribution in [2.75, 3.05) is 6.61 Å². The molecule has 0 saturated carbocycles. The zero-order chi connectivity index (χ0) is 16.8. The Morgan fingerprint density at radius 1 is 0.957 bits per heavy atom. The van der Waals surface area contributed by atoms with E-state index >= 15 is 0 Å². The molecule has 23 heavy (non-hydrogen) atoms. The number of rotatable bonds is 5. The minimum atomic E-state index is -0.524. The van der Waals surface area contributed by atoms with Crippen molar-refractivity contribution in [3.8, 4) is 0 Å². The van der Waals surface area contributed by atoms with E-state index in [2.05, 4.69) is 0 Å². The van der Waals surface area contributed by atoms with Gasteiger partial charge in [0.05, 0.1) is 0 Å². The number of benzene rings is 2. The third-order valence-electron chi connectivity index (χ3n) is 3.70. The Kier molecular flexibility index (Phi) is 5.47. The quantitative estimate of drug-likeness (QED) is 0.475. The van der Waals surface area contributed by atoms with Crippen molar-refractivity contribution in [3.05, 3.63) is 76.4 Å². The lowest BCUT2D eigenvalue weighted by molar-refractivity contribution is -0.136. The second-order valence-corrected chi connectivity index (χ2v) is 5.53. The van der Waals surface area contributed by atoms with E-state index in [9.17, 15) is 9.59 Å². The minimum absolute atomic E-state index is 0.188. The predicted molar refractivity (Wildman–Crippen MR) is 91.4 cm³/mol. The molecule has 0 aromatic heterocycles. The van der Waals surface area contributed by atoms with Gasteiger partial charge in [0.25, 0.3) is 0 Å². The van der Waals surface area contributed by atoms with E-state index < -0.39 is 5.97 Å². The third-order valence-corrected chi connectivity index (χ3v) is 3.70. The van der Waals surface area contributed by atoms with E-state index in [1.165, 1.54) is 6.08 Å². The molecule has 0 heterocycles. The first-order chi connectivity index (χ1) is 11.0. The molecule has 2 aromatic carbocycles. The monoisotopic (exact) mass is 308 g/mol. The van der Waals surface area contributed by atoms with E-state index in [4.69, 9.17) is 4.74 Å². The first kappa shape index (κ1) is 16.7. The van der Waals surface area contributed by atoms with Crippen molar-refractivity contribution < 1.29 is 14.3 Å². The van der Waals surface area contributed by atoms with Gasteiger partial charge in [-0.3, -0.25) is 4.79 Å². The molecule has 0 atom stereocenters. The molecule has 0 N–H and O–H groups in total. The maximum absolute atomic E-state index is 12.2. The highest BCUT2D eigenvalue weighted by Crippen LogP contribution is 2.16. The second kappa shape index (κ2) is 7.54. The molecule has 3 nitrogen and oxygen atoms in total. The highest BCUT2D eigenvalue weighted by molar-refractivity contribution is 6.00. The predicted octanol–water partition coefficient (Wildman–Crippen LogP) is 4.05. The zero-order valence-corrected chi connectivity index (χ0v) is 13.6. The molecule has 2 rings (SSSR count). The van der Waals surface area contributed by atoms with Crippen LogP contribution >= 0.6 is 0 Å². The number of ketones is 1. The Morgan fingerprint density at radius 3 is 2.30 bits per heavy atom. The average molecular weight is 308 g/mol. The number of hydrogen-bond donors (Lipinski definition) is 0. The molecule has 0 spiro atoms. The lowest BCUT2D eigenvalue weighted by Gasteiger charge is -2.09. The molecule has 3 heteroatoms. The molecule has 0 amide bonds. The minimum Gasteiger partial charge on any atom is -0.454 e. The molecule has 0 radical (unpaired) electrons. The van der Waals surface area contributed by atoms with Crippen LogP contribution in [0.2, 0.25) is 0 Å². The lowest BCUT2D eigenvalue weighted by Crippen LogP contribution is -2.14. The molecular weight excluding hydrogens is 288 g/mol. The molecule has 0 aliphatic carbocycles. The van der Waals surface area contributed by atoms with Gasteiger partial charge in [0.15, 0.2) is 6.61 Å². The Bertz CT molecular complexity index is 743. The highest BCUT2D eigenvalue weighted by Gasteiger charge is 2.12. The highest BCUT2D eigenvalue weighted by atomic mass is 16.5. The molecule has 0 unspecified atom stereocenters. The van der Waals surface area contributed by atoms with Crippen molar-refractivity contribution >= 4 is 17.8 Å². The van der Waals surface area contributed by atoms with E-state index in [1.807, 2.05) is 63.2 Å². The van der Waals surface area contributed by atoms with Gasteiger partial charge >= 0.3 is 5.97 Å². The number of esters is 1. The van der Waals surface area contributed by atoms with Gasteiger partial charge in [0.2, 0.25) is 5.78 Å². The standard InChI is InChI=1S/C20H20O3/c1-14-11-16(3)18(12-15(14)2)19(21)13-23-20(22)10-9-17-7-5-4-6-8-17/h4-12H,13H2,1-3H3/b10-9+. The van der Waals surface area contributed by atoms with Gasteiger partial charge in [0, 0.05) is 11.6 Å². The lowest BCUT2D eigenvalue weighted by atomic mass is 9.98. The Morgan fingerprint density at radius 2 is 1.61 bits per heavy atom. The van der Waals surface area contributed by atoms with Gasteiger partial charge in [-0.1, -0.05) is 36.4 Å². The Hall–Kier alpha value is -2.68. The zero-order valence-electron chi connectivity index (χ0n) is 13.6. The smallest absolute Gasteiger partial charge is 0.331 e. The summed E-state index contributed by atoms with van der Waals surface area (Å²) in [6.07, 6.45) is 2.99. The van der Waals surface area contributed by atoms with E-state index in [1.54, 1.807) is 6.08 Å². The molecular formula is C20H20O3. The van der Waals surface area contributed by atoms with Crippen LogP contribution in [0.3, 0.4) is 0 Å². The fraction of sp³-hybridized carbons (Fsp3) is 0.200. The molecule has 0 saturated heterocycles. The van der Waals surface area contributed by atoms with E-state index in [0.29, 0.717) is 5.56 Å². The summed E-state index contributed by atoms with van der Waals surface area (Å²) in [4.78, 5) is 23.9.